The fourth-order valence-electron chi connectivity index (χ4n) is 1.89. The summed E-state index contributed by atoms with van der Waals surface area (Å²) < 4.78 is 5.52. The summed E-state index contributed by atoms with van der Waals surface area (Å²) in [6.07, 6.45) is 3.46. The van der Waals surface area contributed by atoms with Gasteiger partial charge in [0.1, 0.15) is 5.75 Å². The van der Waals surface area contributed by atoms with Crippen LogP contribution in [-0.4, -0.2) is 16.7 Å². The van der Waals surface area contributed by atoms with Crippen molar-refractivity contribution in [2.24, 2.45) is 0 Å². The minimum atomic E-state index is -0.572. The second-order valence-electron chi connectivity index (χ2n) is 4.05. The molecule has 0 amide bonds. The summed E-state index contributed by atoms with van der Waals surface area (Å²) >= 11 is 0. The van der Waals surface area contributed by atoms with Crippen molar-refractivity contribution in [2.45, 2.75) is 19.4 Å². The third-order valence-electron chi connectivity index (χ3n) is 2.73. The van der Waals surface area contributed by atoms with E-state index in [4.69, 9.17) is 4.74 Å². The SMILES string of the molecule is CCOc1ccccc1C(O)Cc1cccnc1. The Labute approximate surface area is 107 Å². The van der Waals surface area contributed by atoms with Crippen molar-refractivity contribution < 1.29 is 9.84 Å². The predicted molar refractivity (Wildman–Crippen MR) is 70.5 cm³/mol. The molecule has 18 heavy (non-hydrogen) atoms. The van der Waals surface area contributed by atoms with Gasteiger partial charge in [0, 0.05) is 24.4 Å². The number of rotatable bonds is 5. The van der Waals surface area contributed by atoms with Gasteiger partial charge in [0.25, 0.3) is 0 Å². The van der Waals surface area contributed by atoms with Crippen LogP contribution in [0.5, 0.6) is 5.75 Å². The van der Waals surface area contributed by atoms with Gasteiger partial charge < -0.3 is 9.84 Å². The lowest BCUT2D eigenvalue weighted by atomic mass is 10.0. The van der Waals surface area contributed by atoms with Crippen LogP contribution < -0.4 is 4.74 Å². The Morgan fingerprint density at radius 2 is 2.06 bits per heavy atom. The fraction of sp³-hybridized carbons (Fsp3) is 0.267. The molecule has 94 valence electrons. The van der Waals surface area contributed by atoms with Gasteiger partial charge in [-0.05, 0) is 24.6 Å². The van der Waals surface area contributed by atoms with Crippen molar-refractivity contribution in [3.63, 3.8) is 0 Å². The van der Waals surface area contributed by atoms with E-state index < -0.39 is 6.10 Å². The van der Waals surface area contributed by atoms with E-state index in [2.05, 4.69) is 4.98 Å². The minimum Gasteiger partial charge on any atom is -0.493 e. The van der Waals surface area contributed by atoms with Gasteiger partial charge in [-0.3, -0.25) is 4.98 Å². The summed E-state index contributed by atoms with van der Waals surface area (Å²) in [5, 5.41) is 10.3. The first kappa shape index (κ1) is 12.6. The Morgan fingerprint density at radius 3 is 2.78 bits per heavy atom. The fourth-order valence-corrected chi connectivity index (χ4v) is 1.89. The van der Waals surface area contributed by atoms with E-state index in [-0.39, 0.29) is 0 Å². The molecule has 0 radical (unpaired) electrons. The van der Waals surface area contributed by atoms with Crippen LogP contribution in [0.4, 0.5) is 0 Å². The Hall–Kier alpha value is -1.87. The van der Waals surface area contributed by atoms with Crippen LogP contribution in [0.3, 0.4) is 0 Å². The Balaban J connectivity index is 2.16. The minimum absolute atomic E-state index is 0.540. The number of aliphatic hydroxyl groups is 1. The number of pyridine rings is 1. The normalized spacial score (nSPS) is 12.1. The average molecular weight is 243 g/mol. The Morgan fingerprint density at radius 1 is 1.22 bits per heavy atom. The summed E-state index contributed by atoms with van der Waals surface area (Å²) in [5.74, 6) is 0.747. The number of hydrogen-bond acceptors (Lipinski definition) is 3. The zero-order valence-corrected chi connectivity index (χ0v) is 10.4. The molecule has 0 saturated carbocycles. The maximum absolute atomic E-state index is 10.3. The van der Waals surface area contributed by atoms with Crippen LogP contribution in [0.2, 0.25) is 0 Å². The highest BCUT2D eigenvalue weighted by atomic mass is 16.5. The van der Waals surface area contributed by atoms with Crippen molar-refractivity contribution >= 4 is 0 Å². The summed E-state index contributed by atoms with van der Waals surface area (Å²) in [4.78, 5) is 4.05. The molecule has 1 aromatic carbocycles. The van der Waals surface area contributed by atoms with Crippen LogP contribution in [-0.2, 0) is 6.42 Å². The Bertz CT molecular complexity index is 485. The van der Waals surface area contributed by atoms with Gasteiger partial charge in [-0.1, -0.05) is 24.3 Å². The third kappa shape index (κ3) is 3.08. The lowest BCUT2D eigenvalue weighted by Crippen LogP contribution is -2.05. The van der Waals surface area contributed by atoms with E-state index in [0.29, 0.717) is 13.0 Å². The van der Waals surface area contributed by atoms with Crippen LogP contribution in [0.1, 0.15) is 24.2 Å². The standard InChI is InChI=1S/C15H17NO2/c1-2-18-15-8-4-3-7-13(15)14(17)10-12-6-5-9-16-11-12/h3-9,11,14,17H,2,10H2,1H3. The van der Waals surface area contributed by atoms with Crippen LogP contribution in [0.15, 0.2) is 48.8 Å². The number of hydrogen-bond donors (Lipinski definition) is 1. The lowest BCUT2D eigenvalue weighted by molar-refractivity contribution is 0.172. The molecular formula is C15H17NO2. The van der Waals surface area contributed by atoms with Gasteiger partial charge in [-0.2, -0.15) is 0 Å². The summed E-state index contributed by atoms with van der Waals surface area (Å²) in [6, 6.07) is 11.4. The van der Waals surface area contributed by atoms with Crippen molar-refractivity contribution in [3.05, 3.63) is 59.9 Å². The zero-order valence-electron chi connectivity index (χ0n) is 10.4. The van der Waals surface area contributed by atoms with Crippen LogP contribution in [0, 0.1) is 0 Å². The van der Waals surface area contributed by atoms with E-state index in [1.807, 2.05) is 43.3 Å². The number of aliphatic hydroxyl groups excluding tert-OH is 1. The van der Waals surface area contributed by atoms with E-state index in [0.717, 1.165) is 16.9 Å². The maximum Gasteiger partial charge on any atom is 0.125 e. The van der Waals surface area contributed by atoms with Crippen LogP contribution in [0.25, 0.3) is 0 Å². The molecule has 3 nitrogen and oxygen atoms in total. The molecule has 0 fully saturated rings. The van der Waals surface area contributed by atoms with Gasteiger partial charge >= 0.3 is 0 Å². The molecule has 1 unspecified atom stereocenters. The predicted octanol–water partition coefficient (Wildman–Crippen LogP) is 2.76. The smallest absolute Gasteiger partial charge is 0.125 e. The quantitative estimate of drug-likeness (QED) is 0.878. The number of benzene rings is 1. The van der Waals surface area contributed by atoms with Gasteiger partial charge in [-0.25, -0.2) is 0 Å². The molecule has 0 aliphatic carbocycles. The molecule has 2 aromatic rings. The second kappa shape index (κ2) is 6.17. The molecule has 0 aliphatic rings. The highest BCUT2D eigenvalue weighted by molar-refractivity contribution is 5.35. The average Bonchev–Trinajstić information content (AvgIpc) is 2.41. The number of nitrogens with zero attached hydrogens (tertiary/aromatic N) is 1. The van der Waals surface area contributed by atoms with E-state index >= 15 is 0 Å². The zero-order chi connectivity index (χ0) is 12.8. The van der Waals surface area contributed by atoms with Gasteiger partial charge in [0.15, 0.2) is 0 Å². The molecule has 0 bridgehead atoms. The molecule has 3 heteroatoms. The number of ether oxygens (including phenoxy) is 1. The molecule has 2 rings (SSSR count). The van der Waals surface area contributed by atoms with Crippen molar-refractivity contribution in [1.82, 2.24) is 4.98 Å². The van der Waals surface area contributed by atoms with Crippen LogP contribution >= 0.6 is 0 Å². The summed E-state index contributed by atoms with van der Waals surface area (Å²) in [6.45, 7) is 2.53. The van der Waals surface area contributed by atoms with Crippen molar-refractivity contribution in [1.29, 1.82) is 0 Å². The van der Waals surface area contributed by atoms with Gasteiger partial charge in [0.05, 0.1) is 12.7 Å². The molecule has 0 spiro atoms. The van der Waals surface area contributed by atoms with Gasteiger partial charge in [-0.15, -0.1) is 0 Å². The monoisotopic (exact) mass is 243 g/mol. The molecular weight excluding hydrogens is 226 g/mol. The second-order valence-corrected chi connectivity index (χ2v) is 4.05. The molecule has 1 heterocycles. The maximum atomic E-state index is 10.3. The first-order valence-electron chi connectivity index (χ1n) is 6.10. The highest BCUT2D eigenvalue weighted by Crippen LogP contribution is 2.27. The third-order valence-corrected chi connectivity index (χ3v) is 2.73. The number of para-hydroxylation sites is 1. The summed E-state index contributed by atoms with van der Waals surface area (Å²) in [7, 11) is 0. The topological polar surface area (TPSA) is 42.4 Å². The van der Waals surface area contributed by atoms with Crippen molar-refractivity contribution in [3.8, 4) is 5.75 Å². The van der Waals surface area contributed by atoms with E-state index in [9.17, 15) is 5.11 Å². The number of aromatic nitrogens is 1. The molecule has 1 aromatic heterocycles. The van der Waals surface area contributed by atoms with Gasteiger partial charge in [0.2, 0.25) is 0 Å². The molecule has 0 saturated heterocycles. The van der Waals surface area contributed by atoms with E-state index in [1.54, 1.807) is 12.4 Å². The lowest BCUT2D eigenvalue weighted by Gasteiger charge is -2.15. The molecule has 0 aliphatic heterocycles. The Kier molecular flexibility index (Phi) is 4.31. The molecule has 1 N–H and O–H groups in total. The summed E-state index contributed by atoms with van der Waals surface area (Å²) in [5.41, 5.74) is 1.83. The molecule has 1 atom stereocenters. The first-order chi connectivity index (χ1) is 8.81. The largest absolute Gasteiger partial charge is 0.493 e. The van der Waals surface area contributed by atoms with E-state index in [1.165, 1.54) is 0 Å². The van der Waals surface area contributed by atoms with Crippen molar-refractivity contribution in [2.75, 3.05) is 6.61 Å². The first-order valence-corrected chi connectivity index (χ1v) is 6.10. The highest BCUT2D eigenvalue weighted by Gasteiger charge is 2.13.